The molecule has 0 unspecified atom stereocenters. The van der Waals surface area contributed by atoms with Crippen LogP contribution in [0, 0.1) is 0 Å². The Labute approximate surface area is 121 Å². The number of hydrogen-bond acceptors (Lipinski definition) is 2. The molecule has 1 atom stereocenters. The third-order valence-corrected chi connectivity index (χ3v) is 5.01. The minimum atomic E-state index is 0.750. The highest BCUT2D eigenvalue weighted by atomic mass is 15.2. The van der Waals surface area contributed by atoms with Gasteiger partial charge in [-0.15, -0.1) is 0 Å². The summed E-state index contributed by atoms with van der Waals surface area (Å²) in [6, 6.07) is 14.2. The van der Waals surface area contributed by atoms with Crippen LogP contribution < -0.4 is 0 Å². The third kappa shape index (κ3) is 2.04. The fourth-order valence-electron chi connectivity index (χ4n) is 3.94. The van der Waals surface area contributed by atoms with Gasteiger partial charge in [-0.05, 0) is 48.3 Å². The molecule has 20 heavy (non-hydrogen) atoms. The number of rotatable bonds is 2. The Morgan fingerprint density at radius 3 is 2.35 bits per heavy atom. The van der Waals surface area contributed by atoms with Crippen molar-refractivity contribution < 1.29 is 0 Å². The van der Waals surface area contributed by atoms with Crippen molar-refractivity contribution in [2.24, 2.45) is 0 Å². The van der Waals surface area contributed by atoms with E-state index in [0.717, 1.165) is 19.1 Å². The van der Waals surface area contributed by atoms with Crippen molar-refractivity contribution in [1.29, 1.82) is 0 Å². The van der Waals surface area contributed by atoms with Gasteiger partial charge in [0.05, 0.1) is 0 Å². The van der Waals surface area contributed by atoms with Gasteiger partial charge >= 0.3 is 0 Å². The fourth-order valence-corrected chi connectivity index (χ4v) is 3.94. The molecule has 4 rings (SSSR count). The number of likely N-dealkylation sites (N-methyl/N-ethyl adjacent to an activating group) is 1. The van der Waals surface area contributed by atoms with Crippen LogP contribution in [-0.4, -0.2) is 36.0 Å². The van der Waals surface area contributed by atoms with Crippen molar-refractivity contribution in [1.82, 2.24) is 9.80 Å². The van der Waals surface area contributed by atoms with Gasteiger partial charge < -0.3 is 4.90 Å². The summed E-state index contributed by atoms with van der Waals surface area (Å²) in [6.45, 7) is 4.70. The maximum absolute atomic E-state index is 2.63. The van der Waals surface area contributed by atoms with Gasteiger partial charge in [0.25, 0.3) is 0 Å². The maximum atomic E-state index is 2.63. The zero-order chi connectivity index (χ0) is 13.5. The molecule has 2 heteroatoms. The zero-order valence-electron chi connectivity index (χ0n) is 12.2. The topological polar surface area (TPSA) is 6.48 Å². The molecular weight excluding hydrogens is 244 g/mol. The lowest BCUT2D eigenvalue weighted by molar-refractivity contribution is 0.178. The predicted molar refractivity (Wildman–Crippen MR) is 83.7 cm³/mol. The molecule has 0 bridgehead atoms. The highest BCUT2D eigenvalue weighted by Gasteiger charge is 2.25. The van der Waals surface area contributed by atoms with Gasteiger partial charge in [0, 0.05) is 25.7 Å². The Morgan fingerprint density at radius 2 is 1.75 bits per heavy atom. The van der Waals surface area contributed by atoms with Crippen LogP contribution in [0.4, 0.5) is 0 Å². The number of hydrogen-bond donors (Lipinski definition) is 0. The van der Waals surface area contributed by atoms with Crippen molar-refractivity contribution in [3.05, 3.63) is 47.5 Å². The van der Waals surface area contributed by atoms with Gasteiger partial charge in [0.2, 0.25) is 0 Å². The molecule has 1 saturated heterocycles. The minimum Gasteiger partial charge on any atom is -0.302 e. The highest BCUT2D eigenvalue weighted by molar-refractivity contribution is 5.89. The van der Waals surface area contributed by atoms with E-state index in [2.05, 4.69) is 53.2 Å². The van der Waals surface area contributed by atoms with Crippen LogP contribution in [0.25, 0.3) is 10.8 Å². The highest BCUT2D eigenvalue weighted by Crippen LogP contribution is 2.30. The maximum Gasteiger partial charge on any atom is 0.0244 e. The third-order valence-electron chi connectivity index (χ3n) is 5.01. The van der Waals surface area contributed by atoms with E-state index < -0.39 is 0 Å². The summed E-state index contributed by atoms with van der Waals surface area (Å²) in [5.74, 6) is 0. The van der Waals surface area contributed by atoms with Crippen LogP contribution in [0.2, 0.25) is 0 Å². The minimum absolute atomic E-state index is 0.750. The molecule has 0 spiro atoms. The molecule has 0 amide bonds. The van der Waals surface area contributed by atoms with Crippen LogP contribution in [0.5, 0.6) is 0 Å². The van der Waals surface area contributed by atoms with Gasteiger partial charge in [0.15, 0.2) is 0 Å². The van der Waals surface area contributed by atoms with Gasteiger partial charge in [-0.1, -0.05) is 36.4 Å². The molecule has 2 nitrogen and oxygen atoms in total. The van der Waals surface area contributed by atoms with E-state index in [-0.39, 0.29) is 0 Å². The monoisotopic (exact) mass is 266 g/mol. The Balaban J connectivity index is 1.62. The smallest absolute Gasteiger partial charge is 0.0244 e. The van der Waals surface area contributed by atoms with E-state index in [1.54, 1.807) is 0 Å². The summed E-state index contributed by atoms with van der Waals surface area (Å²) in [7, 11) is 2.27. The van der Waals surface area contributed by atoms with Crippen LogP contribution in [0.1, 0.15) is 24.0 Å². The Hall–Kier alpha value is -1.38. The van der Waals surface area contributed by atoms with Crippen LogP contribution in [0.15, 0.2) is 36.4 Å². The molecular formula is C18H22N2. The molecule has 0 radical (unpaired) electrons. The molecule has 2 aromatic carbocycles. The van der Waals surface area contributed by atoms with Gasteiger partial charge in [-0.3, -0.25) is 4.90 Å². The summed E-state index contributed by atoms with van der Waals surface area (Å²) in [5, 5.41) is 2.91. The lowest BCUT2D eigenvalue weighted by atomic mass is 9.95. The van der Waals surface area contributed by atoms with Gasteiger partial charge in [-0.2, -0.15) is 0 Å². The number of nitrogens with zero attached hydrogens (tertiary/aromatic N) is 2. The van der Waals surface area contributed by atoms with Crippen molar-refractivity contribution in [3.8, 4) is 0 Å². The first-order chi connectivity index (χ1) is 9.81. The fraction of sp³-hybridized carbons (Fsp3) is 0.444. The van der Waals surface area contributed by atoms with Gasteiger partial charge in [0.1, 0.15) is 0 Å². The van der Waals surface area contributed by atoms with Crippen molar-refractivity contribution in [2.45, 2.75) is 32.0 Å². The Bertz CT molecular complexity index is 594. The summed E-state index contributed by atoms with van der Waals surface area (Å²) in [4.78, 5) is 5.16. The molecule has 2 heterocycles. The second-order valence-electron chi connectivity index (χ2n) is 6.38. The second kappa shape index (κ2) is 4.87. The molecule has 0 N–H and O–H groups in total. The van der Waals surface area contributed by atoms with Crippen molar-refractivity contribution in [3.63, 3.8) is 0 Å². The van der Waals surface area contributed by atoms with E-state index in [0.29, 0.717) is 0 Å². The largest absolute Gasteiger partial charge is 0.302 e. The lowest BCUT2D eigenvalue weighted by Crippen LogP contribution is -2.39. The van der Waals surface area contributed by atoms with Crippen molar-refractivity contribution >= 4 is 10.8 Å². The van der Waals surface area contributed by atoms with E-state index >= 15 is 0 Å². The molecule has 2 aliphatic rings. The van der Waals surface area contributed by atoms with E-state index in [1.807, 2.05) is 0 Å². The first-order valence-electron chi connectivity index (χ1n) is 7.73. The Morgan fingerprint density at radius 1 is 1.05 bits per heavy atom. The van der Waals surface area contributed by atoms with E-state index in [4.69, 9.17) is 0 Å². The Kier molecular flexibility index (Phi) is 3.01. The lowest BCUT2D eigenvalue weighted by Gasteiger charge is -2.33. The van der Waals surface area contributed by atoms with Crippen LogP contribution in [0.3, 0.4) is 0 Å². The summed E-state index contributed by atoms with van der Waals surface area (Å²) >= 11 is 0. The number of likely N-dealkylation sites (tertiary alicyclic amines) is 1. The molecule has 2 aromatic rings. The number of benzene rings is 2. The second-order valence-corrected chi connectivity index (χ2v) is 6.38. The quantitative estimate of drug-likeness (QED) is 0.823. The molecule has 0 aliphatic carbocycles. The average molecular weight is 266 g/mol. The summed E-state index contributed by atoms with van der Waals surface area (Å²) < 4.78 is 0. The standard InChI is InChI=1S/C18H22N2/c1-19-10-4-9-17(19)13-20-11-15-7-2-5-14-6-3-8-16(12-20)18(14)15/h2-3,5-8,17H,4,9-13H2,1H3/t17-/m0/s1. The summed E-state index contributed by atoms with van der Waals surface area (Å²) in [5.41, 5.74) is 3.01. The van der Waals surface area contributed by atoms with Crippen LogP contribution in [-0.2, 0) is 13.1 Å². The van der Waals surface area contributed by atoms with E-state index in [1.165, 1.54) is 47.8 Å². The molecule has 2 aliphatic heterocycles. The van der Waals surface area contributed by atoms with E-state index in [9.17, 15) is 0 Å². The molecule has 104 valence electrons. The zero-order valence-corrected chi connectivity index (χ0v) is 12.2. The predicted octanol–water partition coefficient (Wildman–Crippen LogP) is 3.25. The average Bonchev–Trinajstić information content (AvgIpc) is 2.85. The van der Waals surface area contributed by atoms with Crippen molar-refractivity contribution in [2.75, 3.05) is 20.1 Å². The van der Waals surface area contributed by atoms with Crippen LogP contribution >= 0.6 is 0 Å². The first-order valence-corrected chi connectivity index (χ1v) is 7.73. The summed E-state index contributed by atoms with van der Waals surface area (Å²) in [6.07, 6.45) is 2.72. The SMILES string of the molecule is CN1CCC[C@H]1CN1Cc2cccc3cccc(c23)C1. The molecule has 0 aromatic heterocycles. The van der Waals surface area contributed by atoms with Gasteiger partial charge in [-0.25, -0.2) is 0 Å². The normalized spacial score (nSPS) is 23.6. The molecule has 0 saturated carbocycles. The first kappa shape index (κ1) is 12.4. The molecule has 1 fully saturated rings.